The number of carbonyl (C=O) groups excluding carboxylic acids is 1. The average Bonchev–Trinajstić information content (AvgIpc) is 3.08. The van der Waals surface area contributed by atoms with Crippen molar-refractivity contribution < 1.29 is 9.53 Å². The minimum absolute atomic E-state index is 0.219. The van der Waals surface area contributed by atoms with Crippen LogP contribution in [0.25, 0.3) is 20.7 Å². The molecule has 0 saturated heterocycles. The molecule has 0 fully saturated rings. The Balaban J connectivity index is 1.92. The number of fused-ring (bicyclic) bond motifs is 1. The number of esters is 1. The zero-order chi connectivity index (χ0) is 17.8. The van der Waals surface area contributed by atoms with Gasteiger partial charge in [0.25, 0.3) is 5.56 Å². The Bertz CT molecular complexity index is 931. The molecule has 0 spiro atoms. The molecule has 0 N–H and O–H groups in total. The number of hydrogen-bond acceptors (Lipinski definition) is 5. The van der Waals surface area contributed by atoms with Gasteiger partial charge >= 0.3 is 5.97 Å². The molecule has 130 valence electrons. The summed E-state index contributed by atoms with van der Waals surface area (Å²) < 4.78 is 6.56. The van der Waals surface area contributed by atoms with Gasteiger partial charge in [-0.05, 0) is 25.0 Å². The van der Waals surface area contributed by atoms with Crippen molar-refractivity contribution in [3.05, 3.63) is 53.1 Å². The molecule has 0 aliphatic heterocycles. The Kier molecular flexibility index (Phi) is 5.28. The van der Waals surface area contributed by atoms with Crippen molar-refractivity contribution in [3.8, 4) is 10.4 Å². The molecule has 1 atom stereocenters. The second kappa shape index (κ2) is 7.61. The highest BCUT2D eigenvalue weighted by Gasteiger charge is 2.20. The fourth-order valence-electron chi connectivity index (χ4n) is 2.51. The lowest BCUT2D eigenvalue weighted by atomic mass is 10.2. The number of hydrogen-bond donors (Lipinski definition) is 0. The Morgan fingerprint density at radius 3 is 2.80 bits per heavy atom. The third kappa shape index (κ3) is 3.64. The Morgan fingerprint density at radius 1 is 1.32 bits per heavy atom. The van der Waals surface area contributed by atoms with Crippen LogP contribution in [0.1, 0.15) is 32.7 Å². The van der Waals surface area contributed by atoms with Gasteiger partial charge in [0, 0.05) is 4.88 Å². The van der Waals surface area contributed by atoms with E-state index in [0.29, 0.717) is 16.8 Å². The number of ether oxygens (including phenoxy) is 1. The van der Waals surface area contributed by atoms with E-state index in [1.54, 1.807) is 6.92 Å². The van der Waals surface area contributed by atoms with Gasteiger partial charge in [-0.15, -0.1) is 11.3 Å². The minimum atomic E-state index is -0.693. The van der Waals surface area contributed by atoms with E-state index in [-0.39, 0.29) is 5.56 Å². The van der Waals surface area contributed by atoms with Gasteiger partial charge < -0.3 is 4.74 Å². The number of unbranched alkanes of at least 4 members (excludes halogenated alkanes) is 1. The van der Waals surface area contributed by atoms with Crippen LogP contribution >= 0.6 is 11.3 Å². The molecule has 1 aromatic carbocycles. The van der Waals surface area contributed by atoms with E-state index in [9.17, 15) is 9.59 Å². The third-order valence-electron chi connectivity index (χ3n) is 4.04. The SMILES string of the molecule is CCCCOC(=O)C(C)n1cnc2sc(-c3ccccc3)cc2c1=O. The first kappa shape index (κ1) is 17.4. The summed E-state index contributed by atoms with van der Waals surface area (Å²) in [4.78, 5) is 30.9. The molecule has 3 rings (SSSR count). The molecule has 0 saturated carbocycles. The zero-order valence-corrected chi connectivity index (χ0v) is 15.1. The van der Waals surface area contributed by atoms with Crippen molar-refractivity contribution in [2.24, 2.45) is 0 Å². The number of benzene rings is 1. The lowest BCUT2D eigenvalue weighted by molar-refractivity contribution is -0.147. The predicted octanol–water partition coefficient (Wildman–Crippen LogP) is 4.03. The van der Waals surface area contributed by atoms with Crippen LogP contribution in [0.5, 0.6) is 0 Å². The van der Waals surface area contributed by atoms with E-state index in [0.717, 1.165) is 23.3 Å². The van der Waals surface area contributed by atoms with Gasteiger partial charge in [-0.1, -0.05) is 43.7 Å². The molecule has 6 heteroatoms. The van der Waals surface area contributed by atoms with Gasteiger partial charge in [-0.2, -0.15) is 0 Å². The van der Waals surface area contributed by atoms with E-state index in [2.05, 4.69) is 4.98 Å². The molecule has 2 heterocycles. The number of thiophene rings is 1. The maximum Gasteiger partial charge on any atom is 0.328 e. The fraction of sp³-hybridized carbons (Fsp3) is 0.316. The van der Waals surface area contributed by atoms with Crippen LogP contribution < -0.4 is 5.56 Å². The molecule has 1 unspecified atom stereocenters. The number of rotatable bonds is 6. The lowest BCUT2D eigenvalue weighted by Gasteiger charge is -2.13. The third-order valence-corrected chi connectivity index (χ3v) is 5.13. The largest absolute Gasteiger partial charge is 0.464 e. The molecule has 25 heavy (non-hydrogen) atoms. The van der Waals surface area contributed by atoms with E-state index >= 15 is 0 Å². The number of carbonyl (C=O) groups is 1. The monoisotopic (exact) mass is 356 g/mol. The van der Waals surface area contributed by atoms with Crippen molar-refractivity contribution in [1.29, 1.82) is 0 Å². The summed E-state index contributed by atoms with van der Waals surface area (Å²) in [6, 6.07) is 11.0. The minimum Gasteiger partial charge on any atom is -0.464 e. The molecule has 3 aromatic rings. The molecular formula is C19H20N2O3S. The normalized spacial score (nSPS) is 12.2. The van der Waals surface area contributed by atoms with E-state index in [4.69, 9.17) is 4.74 Å². The van der Waals surface area contributed by atoms with Crippen LogP contribution in [0, 0.1) is 0 Å². The summed E-state index contributed by atoms with van der Waals surface area (Å²) in [6.07, 6.45) is 3.20. The van der Waals surface area contributed by atoms with Crippen molar-refractivity contribution in [2.45, 2.75) is 32.7 Å². The lowest BCUT2D eigenvalue weighted by Crippen LogP contribution is -2.29. The van der Waals surface area contributed by atoms with Gasteiger partial charge in [0.15, 0.2) is 0 Å². The molecule has 0 aliphatic rings. The second-order valence-electron chi connectivity index (χ2n) is 5.85. The number of nitrogens with zero attached hydrogens (tertiary/aromatic N) is 2. The zero-order valence-electron chi connectivity index (χ0n) is 14.3. The molecule has 0 radical (unpaired) electrons. The van der Waals surface area contributed by atoms with E-state index < -0.39 is 12.0 Å². The standard InChI is InChI=1S/C19H20N2O3S/c1-3-4-10-24-19(23)13(2)21-12-20-17-15(18(21)22)11-16(25-17)14-8-6-5-7-9-14/h5-9,11-13H,3-4,10H2,1-2H3. The maximum absolute atomic E-state index is 12.8. The first-order valence-electron chi connectivity index (χ1n) is 8.34. The van der Waals surface area contributed by atoms with Crippen LogP contribution in [-0.4, -0.2) is 22.1 Å². The summed E-state index contributed by atoms with van der Waals surface area (Å²) in [5.41, 5.74) is 0.826. The predicted molar refractivity (Wildman–Crippen MR) is 99.9 cm³/mol. The van der Waals surface area contributed by atoms with E-state index in [1.165, 1.54) is 22.2 Å². The topological polar surface area (TPSA) is 61.2 Å². The van der Waals surface area contributed by atoms with Crippen LogP contribution in [0.2, 0.25) is 0 Å². The Labute approximate surface area is 149 Å². The summed E-state index contributed by atoms with van der Waals surface area (Å²) in [7, 11) is 0. The molecule has 0 bridgehead atoms. The summed E-state index contributed by atoms with van der Waals surface area (Å²) in [5, 5.41) is 0.527. The van der Waals surface area contributed by atoms with E-state index in [1.807, 2.05) is 43.3 Å². The molecule has 0 amide bonds. The van der Waals surface area contributed by atoms with Crippen LogP contribution in [-0.2, 0) is 9.53 Å². The highest BCUT2D eigenvalue weighted by atomic mass is 32.1. The second-order valence-corrected chi connectivity index (χ2v) is 6.88. The quantitative estimate of drug-likeness (QED) is 0.494. The highest BCUT2D eigenvalue weighted by Crippen LogP contribution is 2.30. The van der Waals surface area contributed by atoms with Crippen molar-refractivity contribution in [1.82, 2.24) is 9.55 Å². The molecule has 2 aromatic heterocycles. The van der Waals surface area contributed by atoms with Gasteiger partial charge in [0.05, 0.1) is 18.3 Å². The van der Waals surface area contributed by atoms with Gasteiger partial charge in [0.1, 0.15) is 10.9 Å². The van der Waals surface area contributed by atoms with Gasteiger partial charge in [-0.3, -0.25) is 9.36 Å². The summed E-state index contributed by atoms with van der Waals surface area (Å²) in [5.74, 6) is -0.407. The number of aromatic nitrogens is 2. The first-order chi connectivity index (χ1) is 12.1. The average molecular weight is 356 g/mol. The Hall–Kier alpha value is -2.47. The highest BCUT2D eigenvalue weighted by molar-refractivity contribution is 7.21. The Morgan fingerprint density at radius 2 is 2.08 bits per heavy atom. The van der Waals surface area contributed by atoms with Crippen LogP contribution in [0.4, 0.5) is 0 Å². The van der Waals surface area contributed by atoms with Crippen LogP contribution in [0.15, 0.2) is 47.5 Å². The summed E-state index contributed by atoms with van der Waals surface area (Å²) >= 11 is 1.47. The van der Waals surface area contributed by atoms with Crippen molar-refractivity contribution >= 4 is 27.5 Å². The molecular weight excluding hydrogens is 336 g/mol. The van der Waals surface area contributed by atoms with Crippen molar-refractivity contribution in [3.63, 3.8) is 0 Å². The first-order valence-corrected chi connectivity index (χ1v) is 9.16. The fourth-order valence-corrected chi connectivity index (χ4v) is 3.50. The van der Waals surface area contributed by atoms with Crippen molar-refractivity contribution in [2.75, 3.05) is 6.61 Å². The summed E-state index contributed by atoms with van der Waals surface area (Å²) in [6.45, 7) is 4.06. The molecule has 0 aliphatic carbocycles. The van der Waals surface area contributed by atoms with Gasteiger partial charge in [-0.25, -0.2) is 9.78 Å². The smallest absolute Gasteiger partial charge is 0.328 e. The van der Waals surface area contributed by atoms with Gasteiger partial charge in [0.2, 0.25) is 0 Å². The molecule has 5 nitrogen and oxygen atoms in total. The maximum atomic E-state index is 12.8. The van der Waals surface area contributed by atoms with Crippen LogP contribution in [0.3, 0.4) is 0 Å².